The molecule has 0 unspecified atom stereocenters. The van der Waals surface area contributed by atoms with Crippen LogP contribution in [0.15, 0.2) is 47.0 Å². The van der Waals surface area contributed by atoms with Crippen molar-refractivity contribution in [2.75, 3.05) is 6.61 Å². The highest BCUT2D eigenvalue weighted by atomic mass is 19.3. The summed E-state index contributed by atoms with van der Waals surface area (Å²) in [6, 6.07) is 13.5. The van der Waals surface area contributed by atoms with E-state index >= 15 is 0 Å². The van der Waals surface area contributed by atoms with Crippen molar-refractivity contribution in [3.63, 3.8) is 0 Å². The Bertz CT molecular complexity index is 1000. The van der Waals surface area contributed by atoms with Crippen molar-refractivity contribution in [1.82, 2.24) is 15.0 Å². The van der Waals surface area contributed by atoms with E-state index in [0.717, 1.165) is 24.0 Å². The predicted octanol–water partition coefficient (Wildman–Crippen LogP) is 5.21. The molecule has 1 fully saturated rings. The monoisotopic (exact) mass is 429 g/mol. The maximum atomic E-state index is 12.6. The molecule has 1 aliphatic rings. The summed E-state index contributed by atoms with van der Waals surface area (Å²) >= 11 is 0. The molecule has 2 aromatic carbocycles. The third-order valence-corrected chi connectivity index (χ3v) is 5.09. The Morgan fingerprint density at radius 2 is 1.87 bits per heavy atom. The second-order valence-electron chi connectivity index (χ2n) is 7.61. The van der Waals surface area contributed by atoms with Crippen LogP contribution in [0.4, 0.5) is 8.78 Å². The fourth-order valence-electron chi connectivity index (χ4n) is 3.41. The van der Waals surface area contributed by atoms with Crippen LogP contribution in [0.3, 0.4) is 0 Å². The maximum Gasteiger partial charge on any atom is 0.387 e. The van der Waals surface area contributed by atoms with Crippen LogP contribution in [0.5, 0.6) is 11.5 Å². The van der Waals surface area contributed by atoms with Gasteiger partial charge in [0, 0.05) is 18.2 Å². The van der Waals surface area contributed by atoms with Crippen LogP contribution >= 0.6 is 0 Å². The zero-order valence-electron chi connectivity index (χ0n) is 17.6. The van der Waals surface area contributed by atoms with Gasteiger partial charge in [0.05, 0.1) is 13.2 Å². The van der Waals surface area contributed by atoms with Crippen molar-refractivity contribution in [3.8, 4) is 22.9 Å². The molecule has 1 saturated carbocycles. The number of nitrogens with zero attached hydrogens (tertiary/aromatic N) is 3. The van der Waals surface area contributed by atoms with Crippen LogP contribution in [-0.2, 0) is 13.1 Å². The minimum atomic E-state index is -2.90. The van der Waals surface area contributed by atoms with Crippen LogP contribution < -0.4 is 9.47 Å². The number of hydrogen-bond acceptors (Lipinski definition) is 6. The highest BCUT2D eigenvalue weighted by Gasteiger charge is 2.30. The van der Waals surface area contributed by atoms with Gasteiger partial charge in [-0.05, 0) is 44.4 Å². The summed E-state index contributed by atoms with van der Waals surface area (Å²) in [7, 11) is 0. The average Bonchev–Trinajstić information content (AvgIpc) is 3.49. The highest BCUT2D eigenvalue weighted by Crippen LogP contribution is 2.33. The van der Waals surface area contributed by atoms with E-state index in [-0.39, 0.29) is 5.75 Å². The van der Waals surface area contributed by atoms with E-state index in [1.807, 2.05) is 31.2 Å². The van der Waals surface area contributed by atoms with Gasteiger partial charge in [-0.25, -0.2) is 0 Å². The van der Waals surface area contributed by atoms with Gasteiger partial charge in [0.1, 0.15) is 0 Å². The Morgan fingerprint density at radius 3 is 2.55 bits per heavy atom. The molecule has 8 heteroatoms. The molecule has 0 radical (unpaired) electrons. The van der Waals surface area contributed by atoms with Crippen LogP contribution in [0.2, 0.25) is 0 Å². The first kappa shape index (κ1) is 21.2. The number of benzene rings is 2. The normalized spacial score (nSPS) is 13.7. The third kappa shape index (κ3) is 5.58. The topological polar surface area (TPSA) is 60.6 Å². The molecule has 0 bridgehead atoms. The molecule has 1 aliphatic carbocycles. The van der Waals surface area contributed by atoms with Gasteiger partial charge in [-0.1, -0.05) is 41.1 Å². The molecule has 3 aromatic rings. The second kappa shape index (κ2) is 9.43. The lowest BCUT2D eigenvalue weighted by atomic mass is 10.1. The molecule has 0 spiro atoms. The largest absolute Gasteiger partial charge is 0.490 e. The SMILES string of the molecule is CCOc1cc(CN(Cc2nc(-c3ccc(C)cc3)no2)C2CC2)ccc1OC(F)F. The number of alkyl halides is 2. The molecular formula is C23H25F2N3O3. The van der Waals surface area contributed by atoms with Crippen molar-refractivity contribution in [2.24, 2.45) is 0 Å². The fourth-order valence-corrected chi connectivity index (χ4v) is 3.41. The van der Waals surface area contributed by atoms with E-state index in [1.165, 1.54) is 11.6 Å². The van der Waals surface area contributed by atoms with E-state index in [4.69, 9.17) is 9.26 Å². The number of rotatable bonds is 10. The highest BCUT2D eigenvalue weighted by molar-refractivity contribution is 5.54. The molecule has 164 valence electrons. The van der Waals surface area contributed by atoms with E-state index in [0.29, 0.717) is 43.2 Å². The number of ether oxygens (including phenoxy) is 2. The summed E-state index contributed by atoms with van der Waals surface area (Å²) in [5.41, 5.74) is 3.02. The van der Waals surface area contributed by atoms with Crippen molar-refractivity contribution in [1.29, 1.82) is 0 Å². The Kier molecular flexibility index (Phi) is 6.46. The quantitative estimate of drug-likeness (QED) is 0.441. The van der Waals surface area contributed by atoms with Gasteiger partial charge in [0.2, 0.25) is 11.7 Å². The van der Waals surface area contributed by atoms with Crippen molar-refractivity contribution in [3.05, 3.63) is 59.5 Å². The van der Waals surface area contributed by atoms with Gasteiger partial charge >= 0.3 is 6.61 Å². The minimum absolute atomic E-state index is 0.0400. The number of aromatic nitrogens is 2. The van der Waals surface area contributed by atoms with Gasteiger partial charge in [0.25, 0.3) is 0 Å². The summed E-state index contributed by atoms with van der Waals surface area (Å²) in [6.07, 6.45) is 2.20. The first-order valence-electron chi connectivity index (χ1n) is 10.4. The minimum Gasteiger partial charge on any atom is -0.490 e. The maximum absolute atomic E-state index is 12.6. The van der Waals surface area contributed by atoms with Gasteiger partial charge in [0.15, 0.2) is 11.5 Å². The summed E-state index contributed by atoms with van der Waals surface area (Å²) < 4.78 is 40.8. The lowest BCUT2D eigenvalue weighted by Gasteiger charge is -2.21. The van der Waals surface area contributed by atoms with Crippen molar-refractivity contribution in [2.45, 2.75) is 52.4 Å². The molecule has 1 heterocycles. The van der Waals surface area contributed by atoms with Crippen LogP contribution in [0, 0.1) is 6.92 Å². The molecule has 0 atom stereocenters. The van der Waals surface area contributed by atoms with E-state index < -0.39 is 6.61 Å². The smallest absolute Gasteiger partial charge is 0.387 e. The molecule has 0 saturated heterocycles. The van der Waals surface area contributed by atoms with Crippen LogP contribution in [0.25, 0.3) is 11.4 Å². The summed E-state index contributed by atoms with van der Waals surface area (Å²) in [6.45, 7) is 2.43. The standard InChI is InChI=1S/C23H25F2N3O3/c1-3-29-20-12-16(6-11-19(20)30-23(24)25)13-28(18-9-10-18)14-21-26-22(27-31-21)17-7-4-15(2)5-8-17/h4-8,11-12,18,23H,3,9-10,13-14H2,1-2H3. The number of hydrogen-bond donors (Lipinski definition) is 0. The fraction of sp³-hybridized carbons (Fsp3) is 0.391. The Balaban J connectivity index is 1.48. The third-order valence-electron chi connectivity index (χ3n) is 5.09. The average molecular weight is 429 g/mol. The zero-order chi connectivity index (χ0) is 21.8. The summed E-state index contributed by atoms with van der Waals surface area (Å²) in [5.74, 6) is 1.47. The van der Waals surface area contributed by atoms with Crippen LogP contribution in [0.1, 0.15) is 36.8 Å². The summed E-state index contributed by atoms with van der Waals surface area (Å²) in [5, 5.41) is 4.11. The predicted molar refractivity (Wildman–Crippen MR) is 111 cm³/mol. The number of halogens is 2. The molecule has 6 nitrogen and oxygen atoms in total. The summed E-state index contributed by atoms with van der Waals surface area (Å²) in [4.78, 5) is 6.80. The zero-order valence-corrected chi connectivity index (χ0v) is 17.6. The van der Waals surface area contributed by atoms with Crippen LogP contribution in [-0.4, -0.2) is 34.3 Å². The molecular weight excluding hydrogens is 404 g/mol. The van der Waals surface area contributed by atoms with Gasteiger partial charge in [-0.3, -0.25) is 4.90 Å². The van der Waals surface area contributed by atoms with Crippen molar-refractivity contribution >= 4 is 0 Å². The molecule has 31 heavy (non-hydrogen) atoms. The van der Waals surface area contributed by atoms with E-state index in [1.54, 1.807) is 19.1 Å². The van der Waals surface area contributed by atoms with Crippen molar-refractivity contribution < 1.29 is 22.8 Å². The lowest BCUT2D eigenvalue weighted by Crippen LogP contribution is -2.25. The molecule has 0 N–H and O–H groups in total. The first-order chi connectivity index (χ1) is 15.0. The Labute approximate surface area is 179 Å². The van der Waals surface area contributed by atoms with Gasteiger partial charge in [-0.15, -0.1) is 0 Å². The van der Waals surface area contributed by atoms with E-state index in [9.17, 15) is 8.78 Å². The Hall–Kier alpha value is -3.00. The number of aryl methyl sites for hydroxylation is 1. The van der Waals surface area contributed by atoms with Gasteiger partial charge in [-0.2, -0.15) is 13.8 Å². The lowest BCUT2D eigenvalue weighted by molar-refractivity contribution is -0.0514. The van der Waals surface area contributed by atoms with E-state index in [2.05, 4.69) is 19.8 Å². The second-order valence-corrected chi connectivity index (χ2v) is 7.61. The molecule has 1 aromatic heterocycles. The molecule has 0 amide bonds. The molecule has 4 rings (SSSR count). The first-order valence-corrected chi connectivity index (χ1v) is 10.4. The Morgan fingerprint density at radius 1 is 1.10 bits per heavy atom. The van der Waals surface area contributed by atoms with Gasteiger partial charge < -0.3 is 14.0 Å². The molecule has 0 aliphatic heterocycles.